The van der Waals surface area contributed by atoms with Crippen LogP contribution >= 0.6 is 39.1 Å². The minimum Gasteiger partial charge on any atom is -0.508 e. The van der Waals surface area contributed by atoms with Crippen LogP contribution in [0.15, 0.2) is 72.3 Å². The Labute approximate surface area is 271 Å². The molecule has 2 aliphatic heterocycles. The van der Waals surface area contributed by atoms with E-state index in [1.54, 1.807) is 42.5 Å². The molecule has 2 saturated heterocycles. The molecule has 6 atom stereocenters. The molecule has 2 N–H and O–H groups in total. The third-order valence-corrected chi connectivity index (χ3v) is 11.8. The van der Waals surface area contributed by atoms with E-state index in [1.807, 2.05) is 18.2 Å². The molecule has 2 aliphatic carbocycles. The molecule has 0 aromatic heterocycles. The summed E-state index contributed by atoms with van der Waals surface area (Å²) < 4.78 is 0. The maximum Gasteiger partial charge on any atom is 0.254 e. The number of carbonyl (C=O) groups is 4. The number of hydrogen-bond acceptors (Lipinski definition) is 6. The maximum atomic E-state index is 14.1. The van der Waals surface area contributed by atoms with E-state index in [2.05, 4.69) is 15.9 Å². The van der Waals surface area contributed by atoms with Gasteiger partial charge >= 0.3 is 0 Å². The summed E-state index contributed by atoms with van der Waals surface area (Å²) in [6, 6.07) is 17.0. The molecule has 0 unspecified atom stereocenters. The minimum atomic E-state index is -1.92. The highest BCUT2D eigenvalue weighted by Crippen LogP contribution is 2.66. The molecule has 11 heteroatoms. The average molecular weight is 698 g/mol. The first-order valence-corrected chi connectivity index (χ1v) is 16.2. The predicted molar refractivity (Wildman–Crippen MR) is 167 cm³/mol. The molecule has 0 spiro atoms. The summed E-state index contributed by atoms with van der Waals surface area (Å²) in [7, 11) is 0. The van der Waals surface area contributed by atoms with Crippen molar-refractivity contribution in [2.75, 3.05) is 12.0 Å². The number of fused-ring (bicyclic) bond motifs is 5. The largest absolute Gasteiger partial charge is 0.508 e. The first-order valence-electron chi connectivity index (χ1n) is 14.4. The summed E-state index contributed by atoms with van der Waals surface area (Å²) in [5.74, 6) is -4.66. The van der Waals surface area contributed by atoms with Crippen LogP contribution in [0.5, 0.6) is 11.5 Å². The molecule has 226 valence electrons. The zero-order valence-electron chi connectivity index (χ0n) is 23.3. The number of alkyl halides is 3. The number of phenolic OH excluding ortho intramolecular Hbond substituents is 2. The fourth-order valence-electron chi connectivity index (χ4n) is 7.85. The first-order chi connectivity index (χ1) is 21.0. The van der Waals surface area contributed by atoms with Gasteiger partial charge in [-0.2, -0.15) is 0 Å². The zero-order chi connectivity index (χ0) is 31.1. The standard InChI is InChI=1S/C33H27BrCl2N2O6/c34-16-38-30(43)32(35)15-24-22(27(33(32,36)31(38)44)21-11-12-25(40)20-4-2-1-3-19(20)21)9-10-23-26(24)29(42)37(28(23)41)14-13-17-5-7-18(39)8-6-17/h1-9,11-12,23-24,26-27,39-40H,10,13-16H2/t23-,24+,26-,27-,32+,33-/m0/s1. The number of nitrogens with zero attached hydrogens (tertiary/aromatic N) is 2. The van der Waals surface area contributed by atoms with E-state index in [9.17, 15) is 29.4 Å². The van der Waals surface area contributed by atoms with Gasteiger partial charge in [-0.15, -0.1) is 23.2 Å². The van der Waals surface area contributed by atoms with E-state index in [4.69, 9.17) is 23.2 Å². The Hall–Kier alpha value is -3.40. The lowest BCUT2D eigenvalue weighted by Gasteiger charge is -2.51. The maximum absolute atomic E-state index is 14.1. The number of imide groups is 2. The normalized spacial score (nSPS) is 31.3. The molecular formula is C33H27BrCl2N2O6. The number of halogens is 3. The van der Waals surface area contributed by atoms with Gasteiger partial charge in [0.2, 0.25) is 11.8 Å². The summed E-state index contributed by atoms with van der Waals surface area (Å²) in [4.78, 5) is 54.2. The van der Waals surface area contributed by atoms with Crippen LogP contribution in [0.3, 0.4) is 0 Å². The summed E-state index contributed by atoms with van der Waals surface area (Å²) in [5.41, 5.74) is 2.07. The van der Waals surface area contributed by atoms with Crippen molar-refractivity contribution in [2.24, 2.45) is 17.8 Å². The summed E-state index contributed by atoms with van der Waals surface area (Å²) in [6.07, 6.45) is 2.51. The fraction of sp³-hybridized carbons (Fsp3) is 0.333. The summed E-state index contributed by atoms with van der Waals surface area (Å²) >= 11 is 17.9. The predicted octanol–water partition coefficient (Wildman–Crippen LogP) is 5.20. The Balaban J connectivity index is 1.34. The quantitative estimate of drug-likeness (QED) is 0.164. The molecule has 44 heavy (non-hydrogen) atoms. The van der Waals surface area contributed by atoms with Gasteiger partial charge in [-0.3, -0.25) is 29.0 Å². The van der Waals surface area contributed by atoms with Crippen molar-refractivity contribution in [1.29, 1.82) is 0 Å². The molecule has 7 rings (SSSR count). The summed E-state index contributed by atoms with van der Waals surface area (Å²) in [6.45, 7) is 0.170. The highest BCUT2D eigenvalue weighted by Gasteiger charge is 2.76. The van der Waals surface area contributed by atoms with Gasteiger partial charge in [0.1, 0.15) is 11.5 Å². The number of benzene rings is 3. The Morgan fingerprint density at radius 3 is 2.25 bits per heavy atom. The molecule has 3 aromatic rings. The third kappa shape index (κ3) is 3.88. The lowest BCUT2D eigenvalue weighted by atomic mass is 9.56. The number of rotatable bonds is 5. The summed E-state index contributed by atoms with van der Waals surface area (Å²) in [5, 5.41) is 21.5. The van der Waals surface area contributed by atoms with Gasteiger partial charge in [0.05, 0.1) is 17.3 Å². The monoisotopic (exact) mass is 696 g/mol. The fourth-order valence-corrected chi connectivity index (χ4v) is 9.26. The molecule has 1 saturated carbocycles. The zero-order valence-corrected chi connectivity index (χ0v) is 26.3. The van der Waals surface area contributed by atoms with Crippen molar-refractivity contribution >= 4 is 73.5 Å². The van der Waals surface area contributed by atoms with Crippen LogP contribution in [-0.2, 0) is 25.6 Å². The number of likely N-dealkylation sites (tertiary alicyclic amines) is 2. The van der Waals surface area contributed by atoms with Crippen LogP contribution in [0.2, 0.25) is 0 Å². The van der Waals surface area contributed by atoms with E-state index in [0.29, 0.717) is 28.3 Å². The van der Waals surface area contributed by atoms with Crippen LogP contribution in [0, 0.1) is 17.8 Å². The van der Waals surface area contributed by atoms with Crippen LogP contribution < -0.4 is 0 Å². The second-order valence-corrected chi connectivity index (χ2v) is 13.7. The van der Waals surface area contributed by atoms with Gasteiger partial charge < -0.3 is 10.2 Å². The Morgan fingerprint density at radius 1 is 0.841 bits per heavy atom. The van der Waals surface area contributed by atoms with Crippen LogP contribution in [-0.4, -0.2) is 65.4 Å². The number of allylic oxidation sites excluding steroid dienone is 2. The topological polar surface area (TPSA) is 115 Å². The van der Waals surface area contributed by atoms with Gasteiger partial charge in [-0.05, 0) is 59.9 Å². The second kappa shape index (κ2) is 10.3. The van der Waals surface area contributed by atoms with Crippen LogP contribution in [0.4, 0.5) is 0 Å². The van der Waals surface area contributed by atoms with Gasteiger partial charge in [0.15, 0.2) is 9.75 Å². The average Bonchev–Trinajstić information content (AvgIpc) is 3.35. The highest BCUT2D eigenvalue weighted by atomic mass is 79.9. The third-order valence-electron chi connectivity index (χ3n) is 9.91. The Bertz CT molecular complexity index is 1800. The molecule has 3 aromatic carbocycles. The molecule has 8 nitrogen and oxygen atoms in total. The van der Waals surface area contributed by atoms with Crippen molar-refractivity contribution in [3.8, 4) is 11.5 Å². The van der Waals surface area contributed by atoms with E-state index in [-0.39, 0.29) is 48.2 Å². The van der Waals surface area contributed by atoms with Crippen LogP contribution in [0.1, 0.15) is 29.9 Å². The van der Waals surface area contributed by atoms with E-state index >= 15 is 0 Å². The van der Waals surface area contributed by atoms with Gasteiger partial charge in [-0.25, -0.2) is 0 Å². The Morgan fingerprint density at radius 2 is 1.55 bits per heavy atom. The van der Waals surface area contributed by atoms with E-state index in [0.717, 1.165) is 10.5 Å². The van der Waals surface area contributed by atoms with Gasteiger partial charge in [-0.1, -0.05) is 70.0 Å². The number of aromatic hydroxyl groups is 2. The number of phenols is 2. The Kier molecular flexibility index (Phi) is 6.88. The van der Waals surface area contributed by atoms with Gasteiger partial charge in [0.25, 0.3) is 11.8 Å². The van der Waals surface area contributed by atoms with Crippen molar-refractivity contribution in [3.63, 3.8) is 0 Å². The lowest BCUT2D eigenvalue weighted by molar-refractivity contribution is -0.141. The molecule has 4 aliphatic rings. The smallest absolute Gasteiger partial charge is 0.254 e. The molecule has 4 amide bonds. The van der Waals surface area contributed by atoms with Crippen LogP contribution in [0.25, 0.3) is 10.8 Å². The molecule has 0 bridgehead atoms. The minimum absolute atomic E-state index is 0.0481. The molecule has 0 radical (unpaired) electrons. The number of amides is 4. The molecular weight excluding hydrogens is 671 g/mol. The highest BCUT2D eigenvalue weighted by molar-refractivity contribution is 9.09. The van der Waals surface area contributed by atoms with Crippen molar-refractivity contribution in [2.45, 2.75) is 34.9 Å². The molecule has 2 heterocycles. The van der Waals surface area contributed by atoms with Crippen molar-refractivity contribution in [1.82, 2.24) is 9.80 Å². The second-order valence-electron chi connectivity index (χ2n) is 12.0. The SMILES string of the molecule is O=C1[C@H]2[C@H](CC=C3[C@H]2C[C@@]2(Cl)C(=O)N(CBr)C(=O)[C@@]2(Cl)[C@H]3c2ccc(O)c3ccccc23)C(=O)N1CCc1ccc(O)cc1. The van der Waals surface area contributed by atoms with Crippen molar-refractivity contribution in [3.05, 3.63) is 83.4 Å². The van der Waals surface area contributed by atoms with E-state index < -0.39 is 45.2 Å². The number of carbonyl (C=O) groups excluding carboxylic acids is 4. The van der Waals surface area contributed by atoms with E-state index in [1.165, 1.54) is 11.0 Å². The number of hydrogen-bond donors (Lipinski definition) is 2. The van der Waals surface area contributed by atoms with Gasteiger partial charge in [0, 0.05) is 17.8 Å². The first kappa shape index (κ1) is 29.3. The lowest BCUT2D eigenvalue weighted by Crippen LogP contribution is -2.60. The molecule has 3 fully saturated rings. The van der Waals surface area contributed by atoms with Crippen molar-refractivity contribution < 1.29 is 29.4 Å².